The molecular weight excluding hydrogens is 294 g/mol. The minimum absolute atomic E-state index is 0.00436. The van der Waals surface area contributed by atoms with Gasteiger partial charge in [-0.15, -0.1) is 0 Å². The normalized spacial score (nSPS) is 12.7. The van der Waals surface area contributed by atoms with Crippen LogP contribution in [0.2, 0.25) is 0 Å². The maximum Gasteiger partial charge on any atom is 0.371 e. The number of rotatable bonds is 6. The van der Waals surface area contributed by atoms with E-state index in [1.165, 1.54) is 12.1 Å². The molecule has 1 atom stereocenters. The largest absolute Gasteiger partial charge is 0.475 e. The van der Waals surface area contributed by atoms with Crippen molar-refractivity contribution in [1.82, 2.24) is 5.32 Å². The number of carboxylic acids is 1. The number of furan rings is 1. The molecule has 1 heterocycles. The zero-order chi connectivity index (χ0) is 17.0. The Labute approximate surface area is 135 Å². The molecule has 23 heavy (non-hydrogen) atoms. The van der Waals surface area contributed by atoms with E-state index in [-0.39, 0.29) is 23.0 Å². The van der Waals surface area contributed by atoms with E-state index in [0.29, 0.717) is 0 Å². The first-order valence-corrected chi connectivity index (χ1v) is 7.55. The highest BCUT2D eigenvalue weighted by atomic mass is 16.4. The predicted molar refractivity (Wildman–Crippen MR) is 86.7 cm³/mol. The molecule has 1 amide bonds. The van der Waals surface area contributed by atoms with Crippen LogP contribution in [-0.2, 0) is 5.41 Å². The van der Waals surface area contributed by atoms with Crippen LogP contribution >= 0.6 is 0 Å². The fraction of sp³-hybridized carbons (Fsp3) is 0.333. The van der Waals surface area contributed by atoms with E-state index < -0.39 is 11.9 Å². The summed E-state index contributed by atoms with van der Waals surface area (Å²) in [5.74, 6) is -1.84. The summed E-state index contributed by atoms with van der Waals surface area (Å²) < 4.78 is 5.06. The van der Waals surface area contributed by atoms with Crippen LogP contribution in [0.3, 0.4) is 0 Å². The van der Waals surface area contributed by atoms with Crippen molar-refractivity contribution >= 4 is 11.9 Å². The molecule has 0 bridgehead atoms. The van der Waals surface area contributed by atoms with Crippen molar-refractivity contribution in [3.63, 3.8) is 0 Å². The van der Waals surface area contributed by atoms with Crippen LogP contribution in [0.25, 0.3) is 0 Å². The Morgan fingerprint density at radius 2 is 1.74 bits per heavy atom. The molecule has 0 aliphatic rings. The Balaban J connectivity index is 2.18. The van der Waals surface area contributed by atoms with Crippen LogP contribution in [0.15, 0.2) is 46.9 Å². The molecule has 0 saturated carbocycles. The number of carbonyl (C=O) groups excluding carboxylic acids is 1. The first kappa shape index (κ1) is 16.8. The van der Waals surface area contributed by atoms with E-state index in [4.69, 9.17) is 9.52 Å². The quantitative estimate of drug-likeness (QED) is 0.855. The van der Waals surface area contributed by atoms with E-state index in [1.807, 2.05) is 37.3 Å². The first-order valence-electron chi connectivity index (χ1n) is 7.55. The van der Waals surface area contributed by atoms with Crippen molar-refractivity contribution in [3.8, 4) is 0 Å². The molecule has 1 unspecified atom stereocenters. The van der Waals surface area contributed by atoms with E-state index in [9.17, 15) is 9.59 Å². The second-order valence-corrected chi connectivity index (χ2v) is 5.99. The van der Waals surface area contributed by atoms with Crippen molar-refractivity contribution in [1.29, 1.82) is 0 Å². The highest BCUT2D eigenvalue weighted by Crippen LogP contribution is 2.29. The summed E-state index contributed by atoms with van der Waals surface area (Å²) in [6, 6.07) is 12.5. The monoisotopic (exact) mass is 315 g/mol. The summed E-state index contributed by atoms with van der Waals surface area (Å²) in [5, 5.41) is 11.8. The topological polar surface area (TPSA) is 79.5 Å². The number of hydrogen-bond donors (Lipinski definition) is 2. The number of hydrogen-bond acceptors (Lipinski definition) is 3. The van der Waals surface area contributed by atoms with Crippen LogP contribution in [-0.4, -0.2) is 23.0 Å². The Hall–Kier alpha value is -2.56. The van der Waals surface area contributed by atoms with Crippen molar-refractivity contribution < 1.29 is 19.1 Å². The molecule has 1 aromatic heterocycles. The number of aromatic carboxylic acids is 1. The van der Waals surface area contributed by atoms with Crippen LogP contribution in [0.4, 0.5) is 0 Å². The summed E-state index contributed by atoms with van der Waals surface area (Å²) in [5.41, 5.74) is 0.853. The number of carbonyl (C=O) groups is 2. The summed E-state index contributed by atoms with van der Waals surface area (Å²) in [6.45, 7) is 6.14. The second kappa shape index (κ2) is 6.69. The third-order valence-corrected chi connectivity index (χ3v) is 4.14. The highest BCUT2D eigenvalue weighted by molar-refractivity contribution is 5.93. The molecule has 2 N–H and O–H groups in total. The predicted octanol–water partition coefficient (Wildman–Crippen LogP) is 3.46. The smallest absolute Gasteiger partial charge is 0.371 e. The molecule has 0 saturated heterocycles. The van der Waals surface area contributed by atoms with Gasteiger partial charge in [0.25, 0.3) is 5.91 Å². The standard InChI is InChI=1S/C18H21NO4/c1-4-15(18(2,3)12-8-6-5-7-9-12)19-16(20)13-10-11-14(23-13)17(21)22/h5-11,15H,4H2,1-3H3,(H,19,20)(H,21,22). The van der Waals surface area contributed by atoms with Gasteiger partial charge in [0.1, 0.15) is 0 Å². The molecule has 2 rings (SSSR count). The zero-order valence-corrected chi connectivity index (χ0v) is 13.5. The van der Waals surface area contributed by atoms with Crippen LogP contribution in [0.5, 0.6) is 0 Å². The third kappa shape index (κ3) is 3.62. The summed E-state index contributed by atoms with van der Waals surface area (Å²) >= 11 is 0. The van der Waals surface area contributed by atoms with Crippen molar-refractivity contribution in [2.24, 2.45) is 0 Å². The molecule has 0 spiro atoms. The van der Waals surface area contributed by atoms with E-state index >= 15 is 0 Å². The Kier molecular flexibility index (Phi) is 4.89. The lowest BCUT2D eigenvalue weighted by Crippen LogP contribution is -2.47. The molecule has 0 radical (unpaired) electrons. The van der Waals surface area contributed by atoms with Gasteiger partial charge in [-0.05, 0) is 24.1 Å². The zero-order valence-electron chi connectivity index (χ0n) is 13.5. The van der Waals surface area contributed by atoms with Gasteiger partial charge in [-0.3, -0.25) is 4.79 Å². The number of nitrogens with one attached hydrogen (secondary N) is 1. The van der Waals surface area contributed by atoms with Gasteiger partial charge < -0.3 is 14.8 Å². The summed E-state index contributed by atoms with van der Waals surface area (Å²) in [7, 11) is 0. The van der Waals surface area contributed by atoms with Gasteiger partial charge in [0.15, 0.2) is 5.76 Å². The van der Waals surface area contributed by atoms with Crippen molar-refractivity contribution in [2.45, 2.75) is 38.6 Å². The van der Waals surface area contributed by atoms with Gasteiger partial charge >= 0.3 is 5.97 Å². The molecule has 2 aromatic rings. The lowest BCUT2D eigenvalue weighted by atomic mass is 9.76. The number of amides is 1. The second-order valence-electron chi connectivity index (χ2n) is 5.99. The fourth-order valence-corrected chi connectivity index (χ4v) is 2.67. The van der Waals surface area contributed by atoms with Crippen LogP contribution in [0, 0.1) is 0 Å². The van der Waals surface area contributed by atoms with E-state index in [2.05, 4.69) is 19.2 Å². The van der Waals surface area contributed by atoms with Crippen molar-refractivity contribution in [3.05, 3.63) is 59.5 Å². The Bertz CT molecular complexity index is 688. The van der Waals surface area contributed by atoms with Gasteiger partial charge in [0, 0.05) is 11.5 Å². The minimum atomic E-state index is -1.19. The average Bonchev–Trinajstić information content (AvgIpc) is 3.03. The molecule has 5 nitrogen and oxygen atoms in total. The van der Waals surface area contributed by atoms with E-state index in [0.717, 1.165) is 12.0 Å². The van der Waals surface area contributed by atoms with Gasteiger partial charge in [0.2, 0.25) is 5.76 Å². The Morgan fingerprint density at radius 3 is 2.26 bits per heavy atom. The lowest BCUT2D eigenvalue weighted by Gasteiger charge is -2.34. The van der Waals surface area contributed by atoms with Gasteiger partial charge in [-0.1, -0.05) is 51.1 Å². The van der Waals surface area contributed by atoms with Crippen molar-refractivity contribution in [2.75, 3.05) is 0 Å². The van der Waals surface area contributed by atoms with Crippen LogP contribution < -0.4 is 5.32 Å². The first-order chi connectivity index (χ1) is 10.9. The van der Waals surface area contributed by atoms with Gasteiger partial charge in [-0.25, -0.2) is 4.79 Å². The van der Waals surface area contributed by atoms with Gasteiger partial charge in [0.05, 0.1) is 0 Å². The maximum atomic E-state index is 12.3. The SMILES string of the molecule is CCC(NC(=O)c1ccc(C(=O)O)o1)C(C)(C)c1ccccc1. The Morgan fingerprint density at radius 1 is 1.13 bits per heavy atom. The number of carboxylic acid groups (broad SMARTS) is 1. The minimum Gasteiger partial charge on any atom is -0.475 e. The summed E-state index contributed by atoms with van der Waals surface area (Å²) in [4.78, 5) is 23.2. The van der Waals surface area contributed by atoms with Gasteiger partial charge in [-0.2, -0.15) is 0 Å². The number of benzene rings is 1. The average molecular weight is 315 g/mol. The van der Waals surface area contributed by atoms with E-state index in [1.54, 1.807) is 0 Å². The molecule has 122 valence electrons. The highest BCUT2D eigenvalue weighted by Gasteiger charge is 2.32. The van der Waals surface area contributed by atoms with Crippen LogP contribution in [0.1, 0.15) is 53.9 Å². The molecule has 5 heteroatoms. The molecule has 0 fully saturated rings. The lowest BCUT2D eigenvalue weighted by molar-refractivity contribution is 0.0659. The fourth-order valence-electron chi connectivity index (χ4n) is 2.67. The molecule has 0 aliphatic carbocycles. The summed E-state index contributed by atoms with van der Waals surface area (Å²) in [6.07, 6.45) is 0.736. The molecular formula is C18H21NO4. The third-order valence-electron chi connectivity index (χ3n) is 4.14. The maximum absolute atomic E-state index is 12.3. The molecule has 0 aliphatic heterocycles. The molecule has 1 aromatic carbocycles.